The van der Waals surface area contributed by atoms with Gasteiger partial charge in [0.2, 0.25) is 5.91 Å². The lowest BCUT2D eigenvalue weighted by Gasteiger charge is -2.09. The Balaban J connectivity index is 1.66. The SMILES string of the molecule is O=C(Nc1ccc(NC(=O)C2CC2)cc1)c1cc(Cl)ccc1O. The molecule has 23 heavy (non-hydrogen) atoms. The Kier molecular flexibility index (Phi) is 4.21. The third-order valence-corrected chi connectivity index (χ3v) is 3.80. The fourth-order valence-corrected chi connectivity index (χ4v) is 2.29. The van der Waals surface area contributed by atoms with Gasteiger partial charge in [-0.3, -0.25) is 9.59 Å². The average molecular weight is 331 g/mol. The number of halogens is 1. The first-order valence-corrected chi connectivity index (χ1v) is 7.61. The maximum absolute atomic E-state index is 12.1. The van der Waals surface area contributed by atoms with Crippen LogP contribution < -0.4 is 10.6 Å². The number of hydrogen-bond acceptors (Lipinski definition) is 3. The van der Waals surface area contributed by atoms with Gasteiger partial charge in [-0.05, 0) is 55.3 Å². The second-order valence-electron chi connectivity index (χ2n) is 5.46. The average Bonchev–Trinajstić information content (AvgIpc) is 3.36. The third-order valence-electron chi connectivity index (χ3n) is 3.56. The van der Waals surface area contributed by atoms with E-state index in [4.69, 9.17) is 11.6 Å². The van der Waals surface area contributed by atoms with Crippen molar-refractivity contribution in [3.8, 4) is 5.75 Å². The van der Waals surface area contributed by atoms with Gasteiger partial charge in [0.1, 0.15) is 5.75 Å². The number of phenolic OH excluding ortho intramolecular Hbond substituents is 1. The van der Waals surface area contributed by atoms with Gasteiger partial charge in [-0.25, -0.2) is 0 Å². The van der Waals surface area contributed by atoms with Gasteiger partial charge in [-0.1, -0.05) is 11.6 Å². The third kappa shape index (κ3) is 3.81. The zero-order valence-electron chi connectivity index (χ0n) is 12.2. The highest BCUT2D eigenvalue weighted by molar-refractivity contribution is 6.31. The molecule has 1 saturated carbocycles. The van der Waals surface area contributed by atoms with E-state index in [1.54, 1.807) is 24.3 Å². The zero-order valence-corrected chi connectivity index (χ0v) is 12.9. The molecule has 1 aliphatic rings. The van der Waals surface area contributed by atoms with Crippen LogP contribution in [0.25, 0.3) is 0 Å². The standard InChI is InChI=1S/C17H15ClN2O3/c18-11-3-8-15(21)14(9-11)17(23)20-13-6-4-12(5-7-13)19-16(22)10-1-2-10/h3-10,21H,1-2H2,(H,19,22)(H,20,23). The van der Waals surface area contributed by atoms with Gasteiger partial charge < -0.3 is 15.7 Å². The molecule has 0 aliphatic heterocycles. The first-order chi connectivity index (χ1) is 11.0. The van der Waals surface area contributed by atoms with Gasteiger partial charge >= 0.3 is 0 Å². The van der Waals surface area contributed by atoms with E-state index in [0.29, 0.717) is 16.4 Å². The highest BCUT2D eigenvalue weighted by Gasteiger charge is 2.29. The smallest absolute Gasteiger partial charge is 0.259 e. The van der Waals surface area contributed by atoms with Crippen LogP contribution in [0.15, 0.2) is 42.5 Å². The summed E-state index contributed by atoms with van der Waals surface area (Å²) in [6.45, 7) is 0. The Morgan fingerprint density at radius 2 is 1.61 bits per heavy atom. The maximum Gasteiger partial charge on any atom is 0.259 e. The molecule has 6 heteroatoms. The number of aromatic hydroxyl groups is 1. The number of benzene rings is 2. The van der Waals surface area contributed by atoms with Gasteiger partial charge in [-0.15, -0.1) is 0 Å². The van der Waals surface area contributed by atoms with Gasteiger partial charge in [0.25, 0.3) is 5.91 Å². The Morgan fingerprint density at radius 3 is 2.22 bits per heavy atom. The molecule has 0 spiro atoms. The molecule has 2 amide bonds. The highest BCUT2D eigenvalue weighted by Crippen LogP contribution is 2.30. The summed E-state index contributed by atoms with van der Waals surface area (Å²) < 4.78 is 0. The number of hydrogen-bond donors (Lipinski definition) is 3. The van der Waals surface area contributed by atoms with E-state index < -0.39 is 5.91 Å². The van der Waals surface area contributed by atoms with E-state index in [9.17, 15) is 14.7 Å². The molecule has 0 atom stereocenters. The molecule has 1 aliphatic carbocycles. The molecule has 2 aromatic rings. The van der Waals surface area contributed by atoms with E-state index in [2.05, 4.69) is 10.6 Å². The van der Waals surface area contributed by atoms with Crippen LogP contribution in [-0.2, 0) is 4.79 Å². The lowest BCUT2D eigenvalue weighted by atomic mass is 10.2. The minimum Gasteiger partial charge on any atom is -0.507 e. The summed E-state index contributed by atoms with van der Waals surface area (Å²) in [6, 6.07) is 11.1. The summed E-state index contributed by atoms with van der Waals surface area (Å²) >= 11 is 5.83. The van der Waals surface area contributed by atoms with Crippen LogP contribution in [0.2, 0.25) is 5.02 Å². The molecular formula is C17H15ClN2O3. The number of anilines is 2. The van der Waals surface area contributed by atoms with E-state index >= 15 is 0 Å². The molecule has 0 heterocycles. The molecule has 3 rings (SSSR count). The molecule has 0 radical (unpaired) electrons. The molecule has 1 fully saturated rings. The van der Waals surface area contributed by atoms with Crippen molar-refractivity contribution in [1.29, 1.82) is 0 Å². The van der Waals surface area contributed by atoms with E-state index in [1.165, 1.54) is 18.2 Å². The van der Waals surface area contributed by atoms with Crippen LogP contribution in [0.5, 0.6) is 5.75 Å². The Bertz CT molecular complexity index is 755. The van der Waals surface area contributed by atoms with Gasteiger partial charge in [0.05, 0.1) is 5.56 Å². The van der Waals surface area contributed by atoms with Crippen LogP contribution in [0.3, 0.4) is 0 Å². The number of amides is 2. The summed E-state index contributed by atoms with van der Waals surface area (Å²) in [5.41, 5.74) is 1.34. The summed E-state index contributed by atoms with van der Waals surface area (Å²) in [5.74, 6) is -0.425. The fraction of sp³-hybridized carbons (Fsp3) is 0.176. The number of nitrogens with one attached hydrogen (secondary N) is 2. The summed E-state index contributed by atoms with van der Waals surface area (Å²) in [7, 11) is 0. The Hall–Kier alpha value is -2.53. The van der Waals surface area contributed by atoms with Crippen molar-refractivity contribution in [2.45, 2.75) is 12.8 Å². The molecule has 0 saturated heterocycles. The van der Waals surface area contributed by atoms with Crippen molar-refractivity contribution in [2.75, 3.05) is 10.6 Å². The predicted molar refractivity (Wildman–Crippen MR) is 88.9 cm³/mol. The highest BCUT2D eigenvalue weighted by atomic mass is 35.5. The Labute approximate surface area is 138 Å². The van der Waals surface area contributed by atoms with Crippen LogP contribution in [0.1, 0.15) is 23.2 Å². The minimum absolute atomic E-state index is 0.0330. The molecule has 2 aromatic carbocycles. The van der Waals surface area contributed by atoms with Crippen LogP contribution in [-0.4, -0.2) is 16.9 Å². The first kappa shape index (κ1) is 15.4. The van der Waals surface area contributed by atoms with Crippen molar-refractivity contribution < 1.29 is 14.7 Å². The van der Waals surface area contributed by atoms with E-state index in [0.717, 1.165) is 12.8 Å². The van der Waals surface area contributed by atoms with E-state index in [1.807, 2.05) is 0 Å². The molecule has 0 unspecified atom stereocenters. The topological polar surface area (TPSA) is 78.4 Å². The van der Waals surface area contributed by atoms with Crippen LogP contribution >= 0.6 is 11.6 Å². The van der Waals surface area contributed by atoms with Gasteiger partial charge in [0.15, 0.2) is 0 Å². The summed E-state index contributed by atoms with van der Waals surface area (Å²) in [5, 5.41) is 15.6. The second-order valence-corrected chi connectivity index (χ2v) is 5.89. The molecular weight excluding hydrogens is 316 g/mol. The number of rotatable bonds is 4. The van der Waals surface area contributed by atoms with Crippen molar-refractivity contribution in [1.82, 2.24) is 0 Å². The number of carbonyl (C=O) groups is 2. The molecule has 3 N–H and O–H groups in total. The first-order valence-electron chi connectivity index (χ1n) is 7.24. The lowest BCUT2D eigenvalue weighted by molar-refractivity contribution is -0.117. The number of carbonyl (C=O) groups excluding carboxylic acids is 2. The lowest BCUT2D eigenvalue weighted by Crippen LogP contribution is -2.14. The fourth-order valence-electron chi connectivity index (χ4n) is 2.12. The molecule has 118 valence electrons. The summed E-state index contributed by atoms with van der Waals surface area (Å²) in [6.07, 6.45) is 1.90. The molecule has 0 aromatic heterocycles. The predicted octanol–water partition coefficient (Wildman–Crippen LogP) is 3.65. The van der Waals surface area contributed by atoms with Crippen molar-refractivity contribution in [3.63, 3.8) is 0 Å². The largest absolute Gasteiger partial charge is 0.507 e. The van der Waals surface area contributed by atoms with Gasteiger partial charge in [-0.2, -0.15) is 0 Å². The summed E-state index contributed by atoms with van der Waals surface area (Å²) in [4.78, 5) is 23.8. The van der Waals surface area contributed by atoms with Crippen molar-refractivity contribution in [3.05, 3.63) is 53.1 Å². The molecule has 5 nitrogen and oxygen atoms in total. The number of phenols is 1. The van der Waals surface area contributed by atoms with Crippen molar-refractivity contribution in [2.24, 2.45) is 5.92 Å². The monoisotopic (exact) mass is 330 g/mol. The van der Waals surface area contributed by atoms with Crippen LogP contribution in [0.4, 0.5) is 11.4 Å². The minimum atomic E-state index is -0.459. The van der Waals surface area contributed by atoms with Gasteiger partial charge in [0, 0.05) is 22.3 Å². The normalized spacial score (nSPS) is 13.4. The van der Waals surface area contributed by atoms with Crippen LogP contribution in [0, 0.1) is 5.92 Å². The zero-order chi connectivity index (χ0) is 16.4. The molecule has 0 bridgehead atoms. The quantitative estimate of drug-likeness (QED) is 0.800. The Morgan fingerprint density at radius 1 is 1.00 bits per heavy atom. The second kappa shape index (κ2) is 6.30. The van der Waals surface area contributed by atoms with E-state index in [-0.39, 0.29) is 23.1 Å². The van der Waals surface area contributed by atoms with Crippen molar-refractivity contribution >= 4 is 34.8 Å². The maximum atomic E-state index is 12.1.